The van der Waals surface area contributed by atoms with Crippen molar-refractivity contribution < 1.29 is 24.8 Å². The number of fused-ring (bicyclic) bond motifs is 2. The monoisotopic (exact) mass is 282 g/mol. The van der Waals surface area contributed by atoms with E-state index in [-0.39, 0.29) is 24.0 Å². The number of rotatable bonds is 1. The Labute approximate surface area is 118 Å². The first-order chi connectivity index (χ1) is 9.24. The fraction of sp³-hybridized carbons (Fsp3) is 0.800. The predicted octanol–water partition coefficient (Wildman–Crippen LogP) is 1.13. The molecule has 20 heavy (non-hydrogen) atoms. The van der Waals surface area contributed by atoms with E-state index in [0.29, 0.717) is 17.6 Å². The van der Waals surface area contributed by atoms with Gasteiger partial charge in [-0.05, 0) is 24.3 Å². The average molecular weight is 282 g/mol. The first kappa shape index (κ1) is 14.2. The molecule has 5 nitrogen and oxygen atoms in total. The van der Waals surface area contributed by atoms with Crippen molar-refractivity contribution in [2.45, 2.75) is 63.9 Å². The van der Waals surface area contributed by atoms with Gasteiger partial charge >= 0.3 is 0 Å². The smallest absolute Gasteiger partial charge is 0.162 e. The molecule has 2 aliphatic carbocycles. The highest BCUT2D eigenvalue weighted by molar-refractivity contribution is 6.01. The summed E-state index contributed by atoms with van der Waals surface area (Å²) in [5, 5.41) is 21.4. The Morgan fingerprint density at radius 1 is 1.30 bits per heavy atom. The largest absolute Gasteiger partial charge is 0.390 e. The highest BCUT2D eigenvalue weighted by Gasteiger charge is 2.64. The van der Waals surface area contributed by atoms with E-state index in [1.54, 1.807) is 6.92 Å². The van der Waals surface area contributed by atoms with Gasteiger partial charge in [0.25, 0.3) is 0 Å². The topological polar surface area (TPSA) is 76.0 Å². The Hall–Kier alpha value is -0.750. The molecule has 0 saturated carbocycles. The van der Waals surface area contributed by atoms with Crippen molar-refractivity contribution >= 4 is 5.78 Å². The normalized spacial score (nSPS) is 48.0. The third kappa shape index (κ3) is 1.49. The lowest BCUT2D eigenvalue weighted by Gasteiger charge is -2.48. The summed E-state index contributed by atoms with van der Waals surface area (Å²) in [7, 11) is 0. The summed E-state index contributed by atoms with van der Waals surface area (Å²) in [6.07, 6.45) is -1.23. The van der Waals surface area contributed by atoms with Crippen LogP contribution in [0.25, 0.3) is 0 Å². The van der Waals surface area contributed by atoms with Crippen LogP contribution in [0.3, 0.4) is 0 Å². The van der Waals surface area contributed by atoms with Crippen LogP contribution >= 0.6 is 0 Å². The molecule has 4 aliphatic rings. The number of aliphatic hydroxyl groups excluding tert-OH is 2. The van der Waals surface area contributed by atoms with E-state index in [1.807, 2.05) is 20.8 Å². The minimum atomic E-state index is -1.20. The summed E-state index contributed by atoms with van der Waals surface area (Å²) in [5.74, 6) is -0.196. The van der Waals surface area contributed by atoms with Crippen LogP contribution in [0.5, 0.6) is 0 Å². The molecule has 0 amide bonds. The minimum Gasteiger partial charge on any atom is -0.390 e. The lowest BCUT2D eigenvalue weighted by molar-refractivity contribution is -0.461. The van der Waals surface area contributed by atoms with Crippen molar-refractivity contribution in [3.05, 3.63) is 11.1 Å². The second-order valence-corrected chi connectivity index (χ2v) is 6.89. The van der Waals surface area contributed by atoms with E-state index < -0.39 is 23.4 Å². The first-order valence-electron chi connectivity index (χ1n) is 7.24. The van der Waals surface area contributed by atoms with E-state index in [0.717, 1.165) is 0 Å². The van der Waals surface area contributed by atoms with Crippen molar-refractivity contribution in [2.75, 3.05) is 0 Å². The predicted molar refractivity (Wildman–Crippen MR) is 70.6 cm³/mol. The minimum absolute atomic E-state index is 0.00805. The van der Waals surface area contributed by atoms with Crippen LogP contribution in [-0.4, -0.2) is 39.4 Å². The molecule has 4 rings (SSSR count). The SMILES string of the molecule is CC(C)[C@]12OO[C@](C)(C[C@H]1O)C1=C([C@H](C)CC1=O)[C@@H]2O. The van der Waals surface area contributed by atoms with Gasteiger partial charge in [0.05, 0.1) is 6.10 Å². The van der Waals surface area contributed by atoms with Crippen molar-refractivity contribution in [1.29, 1.82) is 0 Å². The van der Waals surface area contributed by atoms with E-state index >= 15 is 0 Å². The van der Waals surface area contributed by atoms with Gasteiger partial charge in [-0.1, -0.05) is 20.8 Å². The number of carbonyl (C=O) groups excluding carboxylic acids is 1. The molecule has 1 fully saturated rings. The van der Waals surface area contributed by atoms with Gasteiger partial charge < -0.3 is 10.2 Å². The molecule has 0 aromatic carbocycles. The van der Waals surface area contributed by atoms with Crippen LogP contribution in [0.4, 0.5) is 0 Å². The van der Waals surface area contributed by atoms with Crippen molar-refractivity contribution in [2.24, 2.45) is 11.8 Å². The molecule has 2 N–H and O–H groups in total. The quantitative estimate of drug-likeness (QED) is 0.705. The van der Waals surface area contributed by atoms with Crippen LogP contribution < -0.4 is 0 Å². The summed E-state index contributed by atoms with van der Waals surface area (Å²) >= 11 is 0. The number of carbonyl (C=O) groups is 1. The number of hydrogen-bond donors (Lipinski definition) is 2. The van der Waals surface area contributed by atoms with Crippen LogP contribution in [0, 0.1) is 11.8 Å². The standard InChI is InChI=1S/C15H22O5/c1-7(2)15-10(17)6-14(4,19-20-15)12-9(16)5-8(3)11(12)13(15)18/h7-8,10,13,17-18H,5-6H2,1-4H3/t8-,10-,13+,14-,15+/m1/s1. The number of Topliss-reactive ketones (excluding diaryl/α,β-unsaturated/α-hetero) is 1. The highest BCUT2D eigenvalue weighted by Crippen LogP contribution is 2.53. The molecule has 0 radical (unpaired) electrons. The third-order valence-corrected chi connectivity index (χ3v) is 5.22. The molecule has 0 unspecified atom stereocenters. The average Bonchev–Trinajstić information content (AvgIpc) is 2.54. The zero-order chi connectivity index (χ0) is 14.9. The van der Waals surface area contributed by atoms with Gasteiger partial charge in [0.15, 0.2) is 11.4 Å². The van der Waals surface area contributed by atoms with E-state index in [4.69, 9.17) is 9.78 Å². The molecule has 2 bridgehead atoms. The molecular formula is C15H22O5. The van der Waals surface area contributed by atoms with Gasteiger partial charge in [-0.15, -0.1) is 0 Å². The molecule has 112 valence electrons. The van der Waals surface area contributed by atoms with Crippen LogP contribution in [-0.2, 0) is 14.6 Å². The lowest BCUT2D eigenvalue weighted by Crippen LogP contribution is -2.62. The molecule has 0 spiro atoms. The molecule has 0 aromatic rings. The fourth-order valence-corrected chi connectivity index (χ4v) is 4.10. The van der Waals surface area contributed by atoms with Crippen LogP contribution in [0.2, 0.25) is 0 Å². The molecule has 5 atom stereocenters. The fourth-order valence-electron chi connectivity index (χ4n) is 4.10. The van der Waals surface area contributed by atoms with Crippen molar-refractivity contribution in [3.8, 4) is 0 Å². The number of hydrogen-bond acceptors (Lipinski definition) is 5. The summed E-state index contributed by atoms with van der Waals surface area (Å²) < 4.78 is 0. The maximum Gasteiger partial charge on any atom is 0.162 e. The van der Waals surface area contributed by atoms with Crippen LogP contribution in [0.15, 0.2) is 11.1 Å². The summed E-state index contributed by atoms with van der Waals surface area (Å²) in [4.78, 5) is 23.4. The Morgan fingerprint density at radius 2 is 1.95 bits per heavy atom. The zero-order valence-electron chi connectivity index (χ0n) is 12.3. The van der Waals surface area contributed by atoms with Gasteiger partial charge in [-0.3, -0.25) is 4.79 Å². The van der Waals surface area contributed by atoms with Crippen LogP contribution in [0.1, 0.15) is 40.5 Å². The molecule has 2 heterocycles. The molecule has 0 aromatic heterocycles. The Morgan fingerprint density at radius 3 is 2.50 bits per heavy atom. The maximum atomic E-state index is 12.3. The molecule has 1 saturated heterocycles. The maximum absolute atomic E-state index is 12.3. The van der Waals surface area contributed by atoms with Gasteiger partial charge in [0.2, 0.25) is 0 Å². The Kier molecular flexibility index (Phi) is 2.93. The van der Waals surface area contributed by atoms with Gasteiger partial charge in [-0.25, -0.2) is 9.78 Å². The van der Waals surface area contributed by atoms with Gasteiger partial charge in [-0.2, -0.15) is 0 Å². The Bertz CT molecular complexity index is 496. The second-order valence-electron chi connectivity index (χ2n) is 6.89. The number of ketones is 1. The van der Waals surface area contributed by atoms with Crippen molar-refractivity contribution in [1.82, 2.24) is 0 Å². The van der Waals surface area contributed by atoms with E-state index in [9.17, 15) is 15.0 Å². The summed E-state index contributed by atoms with van der Waals surface area (Å²) in [6.45, 7) is 7.44. The first-order valence-corrected chi connectivity index (χ1v) is 7.24. The second kappa shape index (κ2) is 4.13. The van der Waals surface area contributed by atoms with E-state index in [1.165, 1.54) is 0 Å². The molecular weight excluding hydrogens is 260 g/mol. The van der Waals surface area contributed by atoms with E-state index in [2.05, 4.69) is 0 Å². The third-order valence-electron chi connectivity index (χ3n) is 5.22. The highest BCUT2D eigenvalue weighted by atomic mass is 17.2. The van der Waals surface area contributed by atoms with Gasteiger partial charge in [0, 0.05) is 18.4 Å². The summed E-state index contributed by atoms with van der Waals surface area (Å²) in [6, 6.07) is 0. The van der Waals surface area contributed by atoms with Crippen molar-refractivity contribution in [3.63, 3.8) is 0 Å². The summed E-state index contributed by atoms with van der Waals surface area (Å²) in [5.41, 5.74) is -0.959. The number of aliphatic hydroxyl groups is 2. The lowest BCUT2D eigenvalue weighted by atomic mass is 9.75. The molecule has 2 aliphatic heterocycles. The van der Waals surface area contributed by atoms with Gasteiger partial charge in [0.1, 0.15) is 11.7 Å². The molecule has 5 heteroatoms. The zero-order valence-corrected chi connectivity index (χ0v) is 12.3. The Balaban J connectivity index is 2.23.